The van der Waals surface area contributed by atoms with Crippen LogP contribution in [0.3, 0.4) is 0 Å². The second-order valence-electron chi connectivity index (χ2n) is 9.27. The molecule has 0 spiro atoms. The average Bonchev–Trinajstić information content (AvgIpc) is 3.43. The highest BCUT2D eigenvalue weighted by Gasteiger charge is 2.29. The van der Waals surface area contributed by atoms with Gasteiger partial charge in [-0.05, 0) is 55.3 Å². The Bertz CT molecular complexity index is 1160. The number of ether oxygens (including phenoxy) is 1. The molecular formula is C29H36N4O4. The summed E-state index contributed by atoms with van der Waals surface area (Å²) in [5.74, 6) is 0.0635. The zero-order valence-electron chi connectivity index (χ0n) is 21.9. The zero-order chi connectivity index (χ0) is 26.2. The highest BCUT2D eigenvalue weighted by atomic mass is 16.5. The summed E-state index contributed by atoms with van der Waals surface area (Å²) in [6.07, 6.45) is 3.03. The molecule has 0 unspecified atom stereocenters. The van der Waals surface area contributed by atoms with E-state index in [-0.39, 0.29) is 11.9 Å². The van der Waals surface area contributed by atoms with Gasteiger partial charge in [-0.3, -0.25) is 19.9 Å². The number of nitrogens with zero attached hydrogens (tertiary/aromatic N) is 3. The summed E-state index contributed by atoms with van der Waals surface area (Å²) in [5, 5.41) is 2.75. The maximum atomic E-state index is 12.8. The summed E-state index contributed by atoms with van der Waals surface area (Å²) >= 11 is 0. The zero-order valence-corrected chi connectivity index (χ0v) is 21.9. The SMILES string of the molecule is CCN(CC)C(=O)c1ccc([C@H]2CN(Cc3ccoc3)CCN2Cc2cccc(NC(=O)OC)c2)cc1. The molecule has 8 heteroatoms. The number of carbonyl (C=O) groups excluding carboxylic acids is 2. The normalized spacial score (nSPS) is 16.4. The first-order valence-electron chi connectivity index (χ1n) is 12.8. The van der Waals surface area contributed by atoms with Crippen LogP contribution in [0.5, 0.6) is 0 Å². The number of carbonyl (C=O) groups is 2. The van der Waals surface area contributed by atoms with E-state index in [1.54, 1.807) is 12.5 Å². The van der Waals surface area contributed by atoms with Crippen LogP contribution >= 0.6 is 0 Å². The highest BCUT2D eigenvalue weighted by molar-refractivity contribution is 5.94. The Hall–Kier alpha value is -3.62. The van der Waals surface area contributed by atoms with Gasteiger partial charge in [0.15, 0.2) is 0 Å². The van der Waals surface area contributed by atoms with Crippen molar-refractivity contribution < 1.29 is 18.7 Å². The average molecular weight is 505 g/mol. The molecule has 1 N–H and O–H groups in total. The molecule has 1 aliphatic heterocycles. The summed E-state index contributed by atoms with van der Waals surface area (Å²) in [6, 6.07) is 18.1. The highest BCUT2D eigenvalue weighted by Crippen LogP contribution is 2.29. The van der Waals surface area contributed by atoms with Crippen molar-refractivity contribution in [3.05, 3.63) is 89.4 Å². The number of benzene rings is 2. The Labute approximate surface area is 218 Å². The maximum Gasteiger partial charge on any atom is 0.411 e. The summed E-state index contributed by atoms with van der Waals surface area (Å²) in [7, 11) is 1.35. The van der Waals surface area contributed by atoms with Crippen LogP contribution in [0.4, 0.5) is 10.5 Å². The Balaban J connectivity index is 1.54. The van der Waals surface area contributed by atoms with Crippen molar-refractivity contribution in [2.75, 3.05) is 45.2 Å². The lowest BCUT2D eigenvalue weighted by atomic mass is 9.99. The van der Waals surface area contributed by atoms with Gasteiger partial charge in [-0.25, -0.2) is 4.79 Å². The van der Waals surface area contributed by atoms with Crippen molar-refractivity contribution in [3.63, 3.8) is 0 Å². The van der Waals surface area contributed by atoms with Gasteiger partial charge >= 0.3 is 6.09 Å². The van der Waals surface area contributed by atoms with E-state index in [0.717, 1.165) is 43.9 Å². The van der Waals surface area contributed by atoms with Crippen LogP contribution in [0.25, 0.3) is 0 Å². The first-order valence-corrected chi connectivity index (χ1v) is 12.8. The number of rotatable bonds is 9. The minimum absolute atomic E-state index is 0.0635. The van der Waals surface area contributed by atoms with Crippen LogP contribution in [-0.2, 0) is 17.8 Å². The number of amides is 2. The molecule has 8 nitrogen and oxygen atoms in total. The molecule has 0 saturated carbocycles. The lowest BCUT2D eigenvalue weighted by Crippen LogP contribution is -2.47. The number of hydrogen-bond donors (Lipinski definition) is 1. The smallest absolute Gasteiger partial charge is 0.411 e. The summed E-state index contributed by atoms with van der Waals surface area (Å²) < 4.78 is 10.0. The summed E-state index contributed by atoms with van der Waals surface area (Å²) in [4.78, 5) is 31.2. The van der Waals surface area contributed by atoms with E-state index < -0.39 is 6.09 Å². The van der Waals surface area contributed by atoms with Crippen LogP contribution in [0.1, 0.15) is 46.9 Å². The molecule has 2 aromatic carbocycles. The molecule has 196 valence electrons. The Morgan fingerprint density at radius 1 is 1.03 bits per heavy atom. The lowest BCUT2D eigenvalue weighted by molar-refractivity contribution is 0.0634. The van der Waals surface area contributed by atoms with Gasteiger partial charge < -0.3 is 14.1 Å². The van der Waals surface area contributed by atoms with E-state index >= 15 is 0 Å². The third kappa shape index (κ3) is 6.78. The predicted molar refractivity (Wildman–Crippen MR) is 143 cm³/mol. The molecule has 1 aromatic heterocycles. The Morgan fingerprint density at radius 2 is 1.81 bits per heavy atom. The van der Waals surface area contributed by atoms with E-state index in [1.807, 2.05) is 55.1 Å². The van der Waals surface area contributed by atoms with Gasteiger partial charge in [-0.15, -0.1) is 0 Å². The fourth-order valence-corrected chi connectivity index (χ4v) is 4.86. The largest absolute Gasteiger partial charge is 0.472 e. The molecule has 0 aliphatic carbocycles. The number of hydrogen-bond acceptors (Lipinski definition) is 6. The van der Waals surface area contributed by atoms with Crippen molar-refractivity contribution in [2.24, 2.45) is 0 Å². The quantitative estimate of drug-likeness (QED) is 0.442. The van der Waals surface area contributed by atoms with E-state index in [2.05, 4.69) is 33.3 Å². The van der Waals surface area contributed by atoms with E-state index in [0.29, 0.717) is 24.3 Å². The van der Waals surface area contributed by atoms with Crippen LogP contribution < -0.4 is 5.32 Å². The lowest BCUT2D eigenvalue weighted by Gasteiger charge is -2.42. The van der Waals surface area contributed by atoms with Crippen LogP contribution in [0.2, 0.25) is 0 Å². The Morgan fingerprint density at radius 3 is 2.49 bits per heavy atom. The number of anilines is 1. The van der Waals surface area contributed by atoms with Gasteiger partial charge in [0.2, 0.25) is 0 Å². The van der Waals surface area contributed by atoms with Crippen molar-refractivity contribution >= 4 is 17.7 Å². The third-order valence-corrected chi connectivity index (χ3v) is 6.90. The van der Waals surface area contributed by atoms with E-state index in [4.69, 9.17) is 9.15 Å². The van der Waals surface area contributed by atoms with Crippen LogP contribution in [-0.4, -0.2) is 66.5 Å². The minimum atomic E-state index is -0.484. The molecule has 1 aliphatic rings. The minimum Gasteiger partial charge on any atom is -0.472 e. The second kappa shape index (κ2) is 12.6. The third-order valence-electron chi connectivity index (χ3n) is 6.90. The first kappa shape index (κ1) is 26.4. The van der Waals surface area contributed by atoms with E-state index in [9.17, 15) is 9.59 Å². The number of furan rings is 1. The van der Waals surface area contributed by atoms with Crippen LogP contribution in [0, 0.1) is 0 Å². The number of methoxy groups -OCH3 is 1. The molecule has 1 fully saturated rings. The molecule has 4 rings (SSSR count). The van der Waals surface area contributed by atoms with Crippen LogP contribution in [0.15, 0.2) is 71.5 Å². The standard InChI is InChI=1S/C29H36N4O4/c1-4-32(5-2)28(34)25-11-9-24(10-12-25)27-20-31(18-23-13-16-37-21-23)14-15-33(27)19-22-7-6-8-26(17-22)30-29(35)36-3/h6-13,16-17,21,27H,4-5,14-15,18-20H2,1-3H3,(H,30,35)/t27-/m1/s1. The van der Waals surface area contributed by atoms with Crippen molar-refractivity contribution in [2.45, 2.75) is 33.0 Å². The summed E-state index contributed by atoms with van der Waals surface area (Å²) in [6.45, 7) is 9.63. The Kier molecular flexibility index (Phi) is 8.98. The number of piperazine rings is 1. The van der Waals surface area contributed by atoms with Gasteiger partial charge in [0, 0.05) is 68.7 Å². The maximum absolute atomic E-state index is 12.8. The molecule has 2 heterocycles. The van der Waals surface area contributed by atoms with E-state index in [1.165, 1.54) is 12.7 Å². The van der Waals surface area contributed by atoms with Gasteiger partial charge in [-0.2, -0.15) is 0 Å². The molecule has 0 bridgehead atoms. The number of nitrogens with one attached hydrogen (secondary N) is 1. The molecule has 37 heavy (non-hydrogen) atoms. The molecule has 1 atom stereocenters. The van der Waals surface area contributed by atoms with Crippen molar-refractivity contribution in [3.8, 4) is 0 Å². The second-order valence-corrected chi connectivity index (χ2v) is 9.27. The fourth-order valence-electron chi connectivity index (χ4n) is 4.86. The van der Waals surface area contributed by atoms with Gasteiger partial charge in [-0.1, -0.05) is 24.3 Å². The summed E-state index contributed by atoms with van der Waals surface area (Å²) in [5.41, 5.74) is 4.87. The fraction of sp³-hybridized carbons (Fsp3) is 0.379. The molecule has 0 radical (unpaired) electrons. The monoisotopic (exact) mass is 504 g/mol. The van der Waals surface area contributed by atoms with Crippen molar-refractivity contribution in [1.29, 1.82) is 0 Å². The molecule has 3 aromatic rings. The molecule has 1 saturated heterocycles. The molecule has 2 amide bonds. The van der Waals surface area contributed by atoms with Crippen molar-refractivity contribution in [1.82, 2.24) is 14.7 Å². The predicted octanol–water partition coefficient (Wildman–Crippen LogP) is 5.00. The first-order chi connectivity index (χ1) is 18.0. The topological polar surface area (TPSA) is 78.3 Å². The van der Waals surface area contributed by atoms with Gasteiger partial charge in [0.1, 0.15) is 0 Å². The van der Waals surface area contributed by atoms with Gasteiger partial charge in [0.25, 0.3) is 5.91 Å². The van der Waals surface area contributed by atoms with Gasteiger partial charge in [0.05, 0.1) is 19.6 Å². The molecular weight excluding hydrogens is 468 g/mol.